The van der Waals surface area contributed by atoms with Crippen LogP contribution in [0.3, 0.4) is 0 Å². The Bertz CT molecular complexity index is 1600. The van der Waals surface area contributed by atoms with Crippen LogP contribution in [-0.4, -0.2) is 75.7 Å². The Kier molecular flexibility index (Phi) is 8.60. The molecule has 1 saturated heterocycles. The van der Waals surface area contributed by atoms with Gasteiger partial charge in [0.2, 0.25) is 11.7 Å². The molecule has 0 spiro atoms. The molecule has 0 bridgehead atoms. The molecule has 4 heterocycles. The molecule has 12 heteroatoms. The zero-order chi connectivity index (χ0) is 29.9. The Morgan fingerprint density at radius 2 is 1.74 bits per heavy atom. The SMILES string of the molecule is CN1C(=O)[C@@H](NC(=O)c2ncn(Cc3c(Cl)cccc3Cl)n2)CCc2ccc(CN3CCN(c4ccncc4)CC3)cc21. The number of benzene rings is 2. The first-order valence-corrected chi connectivity index (χ1v) is 15.0. The number of halogens is 2. The van der Waals surface area contributed by atoms with Crippen molar-refractivity contribution in [1.29, 1.82) is 0 Å². The van der Waals surface area contributed by atoms with Gasteiger partial charge in [0.25, 0.3) is 5.91 Å². The normalized spacial score (nSPS) is 17.5. The van der Waals surface area contributed by atoms with Crippen molar-refractivity contribution in [3.63, 3.8) is 0 Å². The maximum absolute atomic E-state index is 13.5. The highest BCUT2D eigenvalue weighted by atomic mass is 35.5. The quantitative estimate of drug-likeness (QED) is 0.333. The molecular weight excluding hydrogens is 587 g/mol. The predicted molar refractivity (Wildman–Crippen MR) is 167 cm³/mol. The number of nitrogens with one attached hydrogen (secondary N) is 1. The van der Waals surface area contributed by atoms with E-state index in [9.17, 15) is 9.59 Å². The van der Waals surface area contributed by atoms with Gasteiger partial charge in [0, 0.05) is 79.1 Å². The van der Waals surface area contributed by atoms with Gasteiger partial charge in [0.1, 0.15) is 12.4 Å². The lowest BCUT2D eigenvalue weighted by Gasteiger charge is -2.36. The number of piperazine rings is 1. The molecule has 0 aliphatic carbocycles. The lowest BCUT2D eigenvalue weighted by atomic mass is 10.0. The smallest absolute Gasteiger partial charge is 0.291 e. The van der Waals surface area contributed by atoms with E-state index in [0.29, 0.717) is 28.5 Å². The number of hydrogen-bond acceptors (Lipinski definition) is 7. The number of fused-ring (bicyclic) bond motifs is 1. The fraction of sp³-hybridized carbons (Fsp3) is 0.323. The van der Waals surface area contributed by atoms with E-state index >= 15 is 0 Å². The van der Waals surface area contributed by atoms with Gasteiger partial charge in [-0.1, -0.05) is 41.4 Å². The molecule has 10 nitrogen and oxygen atoms in total. The highest BCUT2D eigenvalue weighted by Gasteiger charge is 2.31. The minimum Gasteiger partial charge on any atom is -0.369 e. The highest BCUT2D eigenvalue weighted by molar-refractivity contribution is 6.36. The second-order valence-electron chi connectivity index (χ2n) is 10.9. The highest BCUT2D eigenvalue weighted by Crippen LogP contribution is 2.29. The van der Waals surface area contributed by atoms with Crippen LogP contribution in [0.1, 0.15) is 33.7 Å². The Balaban J connectivity index is 1.07. The van der Waals surface area contributed by atoms with Gasteiger partial charge in [0.05, 0.1) is 6.54 Å². The van der Waals surface area contributed by atoms with Crippen LogP contribution in [0.2, 0.25) is 10.0 Å². The maximum Gasteiger partial charge on any atom is 0.291 e. The topological polar surface area (TPSA) is 99.5 Å². The Morgan fingerprint density at radius 1 is 1.00 bits per heavy atom. The van der Waals surface area contributed by atoms with Crippen LogP contribution in [0, 0.1) is 0 Å². The molecular formula is C31H32Cl2N8O2. The Labute approximate surface area is 260 Å². The molecule has 6 rings (SSSR count). The number of rotatable bonds is 7. The summed E-state index contributed by atoms with van der Waals surface area (Å²) in [7, 11) is 1.77. The maximum atomic E-state index is 13.5. The summed E-state index contributed by atoms with van der Waals surface area (Å²) in [6.45, 7) is 4.90. The van der Waals surface area contributed by atoms with E-state index in [1.54, 1.807) is 30.1 Å². The first-order valence-electron chi connectivity index (χ1n) is 14.3. The summed E-state index contributed by atoms with van der Waals surface area (Å²) < 4.78 is 1.50. The van der Waals surface area contributed by atoms with Gasteiger partial charge in [-0.25, -0.2) is 9.67 Å². The summed E-state index contributed by atoms with van der Waals surface area (Å²) in [4.78, 5) is 41.3. The second-order valence-corrected chi connectivity index (χ2v) is 11.7. The van der Waals surface area contributed by atoms with Gasteiger partial charge in [0.15, 0.2) is 0 Å². The standard InChI is InChI=1S/C31H32Cl2N8O2/c1-38-28-17-21(18-39-13-15-40(16-14-39)23-9-11-34-12-10-23)5-6-22(28)7-8-27(31(38)43)36-30(42)29-35-20-41(37-29)19-24-25(32)3-2-4-26(24)33/h2-6,9-12,17,20,27H,7-8,13-16,18-19H2,1H3,(H,36,42)/t27-/m0/s1. The number of anilines is 2. The van der Waals surface area contributed by atoms with Crippen molar-refractivity contribution < 1.29 is 9.59 Å². The molecule has 222 valence electrons. The van der Waals surface area contributed by atoms with Crippen molar-refractivity contribution in [2.75, 3.05) is 43.0 Å². The van der Waals surface area contributed by atoms with Gasteiger partial charge in [-0.2, -0.15) is 0 Å². The summed E-state index contributed by atoms with van der Waals surface area (Å²) in [6, 6.07) is 15.0. The zero-order valence-electron chi connectivity index (χ0n) is 23.8. The first kappa shape index (κ1) is 29.1. The third kappa shape index (κ3) is 6.51. The van der Waals surface area contributed by atoms with Gasteiger partial charge in [-0.3, -0.25) is 19.5 Å². The molecule has 2 amide bonds. The summed E-state index contributed by atoms with van der Waals surface area (Å²) in [5.41, 5.74) is 5.01. The number of amides is 2. The van der Waals surface area contributed by atoms with Crippen LogP contribution in [0.4, 0.5) is 11.4 Å². The molecule has 0 saturated carbocycles. The molecule has 4 aromatic rings. The summed E-state index contributed by atoms with van der Waals surface area (Å²) in [5, 5.41) is 8.15. The molecule has 1 atom stereocenters. The number of hydrogen-bond donors (Lipinski definition) is 1. The van der Waals surface area contributed by atoms with E-state index in [2.05, 4.69) is 48.4 Å². The van der Waals surface area contributed by atoms with Crippen LogP contribution in [0.25, 0.3) is 0 Å². The van der Waals surface area contributed by atoms with Gasteiger partial charge in [-0.05, 0) is 54.3 Å². The van der Waals surface area contributed by atoms with Crippen LogP contribution in [0.15, 0.2) is 67.3 Å². The van der Waals surface area contributed by atoms with Crippen molar-refractivity contribution in [3.05, 3.63) is 99.8 Å². The zero-order valence-corrected chi connectivity index (χ0v) is 25.3. The van der Waals surface area contributed by atoms with E-state index in [-0.39, 0.29) is 18.3 Å². The molecule has 0 radical (unpaired) electrons. The average molecular weight is 620 g/mol. The van der Waals surface area contributed by atoms with E-state index in [1.165, 1.54) is 16.7 Å². The molecule has 1 fully saturated rings. The largest absolute Gasteiger partial charge is 0.369 e. The van der Waals surface area contributed by atoms with Crippen LogP contribution >= 0.6 is 23.2 Å². The molecule has 2 aliphatic rings. The van der Waals surface area contributed by atoms with E-state index in [4.69, 9.17) is 23.2 Å². The number of aryl methyl sites for hydroxylation is 1. The Morgan fingerprint density at radius 3 is 2.49 bits per heavy atom. The number of carbonyl (C=O) groups is 2. The van der Waals surface area contributed by atoms with Crippen molar-refractivity contribution in [2.24, 2.45) is 0 Å². The third-order valence-corrected chi connectivity index (χ3v) is 8.78. The minimum absolute atomic E-state index is 0.0216. The molecule has 2 aliphatic heterocycles. The number of nitrogens with zero attached hydrogens (tertiary/aromatic N) is 7. The second kappa shape index (κ2) is 12.7. The average Bonchev–Trinajstić information content (AvgIpc) is 3.46. The monoisotopic (exact) mass is 618 g/mol. The summed E-state index contributed by atoms with van der Waals surface area (Å²) >= 11 is 12.5. The number of likely N-dealkylation sites (N-methyl/N-ethyl adjacent to an activating group) is 1. The van der Waals surface area contributed by atoms with Gasteiger partial charge in [-0.15, -0.1) is 5.10 Å². The van der Waals surface area contributed by atoms with E-state index < -0.39 is 11.9 Å². The lowest BCUT2D eigenvalue weighted by Crippen LogP contribution is -2.47. The molecule has 2 aromatic carbocycles. The first-order chi connectivity index (χ1) is 20.9. The fourth-order valence-electron chi connectivity index (χ4n) is 5.66. The van der Waals surface area contributed by atoms with Crippen molar-refractivity contribution in [2.45, 2.75) is 32.0 Å². The number of aromatic nitrogens is 4. The van der Waals surface area contributed by atoms with Crippen molar-refractivity contribution >= 4 is 46.4 Å². The predicted octanol–water partition coefficient (Wildman–Crippen LogP) is 4.06. The molecule has 43 heavy (non-hydrogen) atoms. The third-order valence-electron chi connectivity index (χ3n) is 8.08. The summed E-state index contributed by atoms with van der Waals surface area (Å²) in [5.74, 6) is -0.697. The molecule has 2 aromatic heterocycles. The van der Waals surface area contributed by atoms with Gasteiger partial charge >= 0.3 is 0 Å². The minimum atomic E-state index is -0.695. The molecule has 0 unspecified atom stereocenters. The number of carbonyl (C=O) groups excluding carboxylic acids is 2. The molecule has 1 N–H and O–H groups in total. The van der Waals surface area contributed by atoms with Crippen LogP contribution in [-0.2, 0) is 24.3 Å². The number of pyridine rings is 1. The van der Waals surface area contributed by atoms with E-state index in [0.717, 1.165) is 49.5 Å². The van der Waals surface area contributed by atoms with Crippen LogP contribution in [0.5, 0.6) is 0 Å². The van der Waals surface area contributed by atoms with Crippen molar-refractivity contribution in [3.8, 4) is 0 Å². The Hall–Kier alpha value is -3.99. The summed E-state index contributed by atoms with van der Waals surface area (Å²) in [6.07, 6.45) is 6.25. The fourth-order valence-corrected chi connectivity index (χ4v) is 6.18. The van der Waals surface area contributed by atoms with Crippen LogP contribution < -0.4 is 15.1 Å². The lowest BCUT2D eigenvalue weighted by molar-refractivity contribution is -0.120. The van der Waals surface area contributed by atoms with E-state index in [1.807, 2.05) is 24.5 Å². The van der Waals surface area contributed by atoms with Crippen molar-refractivity contribution in [1.82, 2.24) is 30.0 Å². The van der Waals surface area contributed by atoms with Gasteiger partial charge < -0.3 is 15.1 Å².